The van der Waals surface area contributed by atoms with Gasteiger partial charge in [-0.2, -0.15) is 11.8 Å². The highest BCUT2D eigenvalue weighted by molar-refractivity contribution is 7.98. The molecule has 0 saturated heterocycles. The van der Waals surface area contributed by atoms with Gasteiger partial charge in [0.1, 0.15) is 0 Å². The maximum Gasteiger partial charge on any atom is 0.0297 e. The fourth-order valence-electron chi connectivity index (χ4n) is 2.43. The molecule has 1 atom stereocenters. The van der Waals surface area contributed by atoms with E-state index in [2.05, 4.69) is 61.0 Å². The van der Waals surface area contributed by atoms with Crippen LogP contribution in [0.15, 0.2) is 42.5 Å². The summed E-state index contributed by atoms with van der Waals surface area (Å²) in [5.74, 6) is 1.27. The van der Waals surface area contributed by atoms with Crippen LogP contribution in [0.2, 0.25) is 0 Å². The lowest BCUT2D eigenvalue weighted by atomic mass is 9.99. The van der Waals surface area contributed by atoms with Gasteiger partial charge in [-0.15, -0.1) is 0 Å². The van der Waals surface area contributed by atoms with E-state index >= 15 is 0 Å². The smallest absolute Gasteiger partial charge is 0.0297 e. The van der Waals surface area contributed by atoms with Crippen LogP contribution in [-0.2, 0) is 0 Å². The van der Waals surface area contributed by atoms with Crippen LogP contribution in [0.4, 0.5) is 0 Å². The molecule has 0 fully saturated rings. The molecule has 19 heavy (non-hydrogen) atoms. The molecule has 2 aromatic rings. The Labute approximate surface area is 120 Å². The zero-order valence-corrected chi connectivity index (χ0v) is 12.7. The van der Waals surface area contributed by atoms with Crippen LogP contribution in [0.3, 0.4) is 0 Å². The lowest BCUT2D eigenvalue weighted by Gasteiger charge is -2.16. The van der Waals surface area contributed by atoms with Gasteiger partial charge in [-0.25, -0.2) is 0 Å². The molecule has 1 unspecified atom stereocenters. The fourth-order valence-corrected chi connectivity index (χ4v) is 2.92. The molecule has 0 saturated carbocycles. The van der Waals surface area contributed by atoms with Crippen molar-refractivity contribution in [2.45, 2.75) is 25.8 Å². The molecule has 2 rings (SSSR count). The molecule has 1 nitrogen and oxygen atoms in total. The van der Waals surface area contributed by atoms with Crippen molar-refractivity contribution in [3.63, 3.8) is 0 Å². The first-order valence-electron chi connectivity index (χ1n) is 7.03. The summed E-state index contributed by atoms with van der Waals surface area (Å²) >= 11 is 1.93. The van der Waals surface area contributed by atoms with Gasteiger partial charge in [-0.3, -0.25) is 0 Å². The number of hydrogen-bond acceptors (Lipinski definition) is 2. The first kappa shape index (κ1) is 14.4. The number of rotatable bonds is 7. The molecular formula is C17H23NS. The second kappa shape index (κ2) is 7.56. The Morgan fingerprint density at radius 2 is 1.84 bits per heavy atom. The molecule has 0 aliphatic heterocycles. The van der Waals surface area contributed by atoms with E-state index in [0.29, 0.717) is 6.04 Å². The fraction of sp³-hybridized carbons (Fsp3) is 0.412. The summed E-state index contributed by atoms with van der Waals surface area (Å²) in [5, 5.41) is 6.34. The van der Waals surface area contributed by atoms with Gasteiger partial charge in [0, 0.05) is 6.04 Å². The quantitative estimate of drug-likeness (QED) is 0.738. The van der Waals surface area contributed by atoms with Crippen LogP contribution in [0.5, 0.6) is 0 Å². The molecule has 102 valence electrons. The van der Waals surface area contributed by atoms with Crippen LogP contribution in [0.1, 0.15) is 31.4 Å². The number of hydrogen-bond donors (Lipinski definition) is 1. The van der Waals surface area contributed by atoms with Crippen LogP contribution >= 0.6 is 11.8 Å². The third-order valence-electron chi connectivity index (χ3n) is 3.52. The van der Waals surface area contributed by atoms with E-state index in [9.17, 15) is 0 Å². The maximum absolute atomic E-state index is 3.64. The van der Waals surface area contributed by atoms with Crippen molar-refractivity contribution in [2.24, 2.45) is 0 Å². The van der Waals surface area contributed by atoms with Gasteiger partial charge in [-0.1, -0.05) is 42.5 Å². The summed E-state index contributed by atoms with van der Waals surface area (Å²) in [6, 6.07) is 15.6. The molecule has 0 heterocycles. The average Bonchev–Trinajstić information content (AvgIpc) is 2.46. The Kier molecular flexibility index (Phi) is 5.74. The zero-order chi connectivity index (χ0) is 13.5. The van der Waals surface area contributed by atoms with Gasteiger partial charge < -0.3 is 5.32 Å². The number of unbranched alkanes of at least 4 members (excludes halogenated alkanes) is 1. The summed E-state index contributed by atoms with van der Waals surface area (Å²) in [5.41, 5.74) is 1.41. The van der Waals surface area contributed by atoms with Crippen LogP contribution in [0.25, 0.3) is 10.8 Å². The highest BCUT2D eigenvalue weighted by Crippen LogP contribution is 2.23. The van der Waals surface area contributed by atoms with Gasteiger partial charge >= 0.3 is 0 Å². The number of thioether (sulfide) groups is 1. The van der Waals surface area contributed by atoms with Crippen LogP contribution < -0.4 is 5.32 Å². The molecule has 0 aliphatic rings. The maximum atomic E-state index is 3.64. The standard InChI is InChI=1S/C17H23NS/c1-14(18-12-5-6-13-19-2)16-11-7-9-15-8-3-4-10-17(15)16/h3-4,7-11,14,18H,5-6,12-13H2,1-2H3. The van der Waals surface area contributed by atoms with E-state index in [4.69, 9.17) is 0 Å². The molecule has 2 aromatic carbocycles. The highest BCUT2D eigenvalue weighted by atomic mass is 32.2. The largest absolute Gasteiger partial charge is 0.310 e. The van der Waals surface area contributed by atoms with E-state index < -0.39 is 0 Å². The van der Waals surface area contributed by atoms with Gasteiger partial charge in [0.05, 0.1) is 0 Å². The Hall–Kier alpha value is -0.990. The third-order valence-corrected chi connectivity index (χ3v) is 4.21. The van der Waals surface area contributed by atoms with Crippen LogP contribution in [0, 0.1) is 0 Å². The Morgan fingerprint density at radius 3 is 2.68 bits per heavy atom. The Morgan fingerprint density at radius 1 is 1.05 bits per heavy atom. The Balaban J connectivity index is 1.99. The van der Waals surface area contributed by atoms with E-state index in [-0.39, 0.29) is 0 Å². The summed E-state index contributed by atoms with van der Waals surface area (Å²) < 4.78 is 0. The highest BCUT2D eigenvalue weighted by Gasteiger charge is 2.07. The van der Waals surface area contributed by atoms with Gasteiger partial charge in [0.25, 0.3) is 0 Å². The minimum atomic E-state index is 0.417. The molecule has 1 N–H and O–H groups in total. The molecule has 0 spiro atoms. The lowest BCUT2D eigenvalue weighted by Crippen LogP contribution is -2.20. The third kappa shape index (κ3) is 3.99. The SMILES string of the molecule is CSCCCCNC(C)c1cccc2ccccc12. The van der Waals surface area contributed by atoms with E-state index in [1.54, 1.807) is 0 Å². The number of nitrogens with one attached hydrogen (secondary N) is 1. The normalized spacial score (nSPS) is 12.7. The van der Waals surface area contributed by atoms with E-state index in [0.717, 1.165) is 6.54 Å². The minimum Gasteiger partial charge on any atom is -0.310 e. The predicted octanol–water partition coefficient (Wildman–Crippen LogP) is 4.63. The summed E-state index contributed by atoms with van der Waals surface area (Å²) in [6.45, 7) is 3.36. The second-order valence-corrected chi connectivity index (χ2v) is 5.93. The molecule has 0 aromatic heterocycles. The summed E-state index contributed by atoms with van der Waals surface area (Å²) in [4.78, 5) is 0. The first-order valence-corrected chi connectivity index (χ1v) is 8.42. The van der Waals surface area contributed by atoms with Crippen molar-refractivity contribution in [1.29, 1.82) is 0 Å². The van der Waals surface area contributed by atoms with Crippen molar-refractivity contribution >= 4 is 22.5 Å². The molecule has 0 amide bonds. The topological polar surface area (TPSA) is 12.0 Å². The van der Waals surface area contributed by atoms with Crippen molar-refractivity contribution in [3.8, 4) is 0 Å². The van der Waals surface area contributed by atoms with Crippen LogP contribution in [-0.4, -0.2) is 18.6 Å². The zero-order valence-electron chi connectivity index (χ0n) is 11.9. The van der Waals surface area contributed by atoms with E-state index in [1.807, 2.05) is 11.8 Å². The van der Waals surface area contributed by atoms with E-state index in [1.165, 1.54) is 34.9 Å². The molecular weight excluding hydrogens is 250 g/mol. The summed E-state index contributed by atoms with van der Waals surface area (Å²) in [6.07, 6.45) is 4.73. The average molecular weight is 273 g/mol. The first-order chi connectivity index (χ1) is 9.33. The minimum absolute atomic E-state index is 0.417. The molecule has 0 radical (unpaired) electrons. The monoisotopic (exact) mass is 273 g/mol. The summed E-state index contributed by atoms with van der Waals surface area (Å²) in [7, 11) is 0. The van der Waals surface area contributed by atoms with Gasteiger partial charge in [0.15, 0.2) is 0 Å². The van der Waals surface area contributed by atoms with Crippen molar-refractivity contribution in [3.05, 3.63) is 48.0 Å². The Bertz CT molecular complexity index is 504. The molecule has 0 aliphatic carbocycles. The molecule has 2 heteroatoms. The van der Waals surface area contributed by atoms with Crippen molar-refractivity contribution in [2.75, 3.05) is 18.6 Å². The van der Waals surface area contributed by atoms with Gasteiger partial charge in [-0.05, 0) is 54.7 Å². The van der Waals surface area contributed by atoms with Crippen molar-refractivity contribution < 1.29 is 0 Å². The predicted molar refractivity (Wildman–Crippen MR) is 88.0 cm³/mol. The molecule has 0 bridgehead atoms. The lowest BCUT2D eigenvalue weighted by molar-refractivity contribution is 0.558. The van der Waals surface area contributed by atoms with Crippen molar-refractivity contribution in [1.82, 2.24) is 5.32 Å². The number of benzene rings is 2. The second-order valence-electron chi connectivity index (χ2n) is 4.94. The number of fused-ring (bicyclic) bond motifs is 1. The van der Waals surface area contributed by atoms with Gasteiger partial charge in [0.2, 0.25) is 0 Å².